The number of amides is 1. The number of H-pyrrole nitrogens is 1. The molecule has 3 aromatic heterocycles. The summed E-state index contributed by atoms with van der Waals surface area (Å²) in [6.45, 7) is 9.25. The van der Waals surface area contributed by atoms with Gasteiger partial charge in [0.1, 0.15) is 17.2 Å². The Kier molecular flexibility index (Phi) is 6.64. The van der Waals surface area contributed by atoms with Crippen molar-refractivity contribution in [3.63, 3.8) is 0 Å². The van der Waals surface area contributed by atoms with Gasteiger partial charge in [-0.3, -0.25) is 0 Å². The largest absolute Gasteiger partial charge is 0.467 e. The van der Waals surface area contributed by atoms with Crippen molar-refractivity contribution in [2.45, 2.75) is 45.8 Å². The zero-order valence-corrected chi connectivity index (χ0v) is 21.9. The molecule has 0 spiro atoms. The molecule has 1 amide bonds. The molecule has 1 aromatic carbocycles. The Balaban J connectivity index is 1.36. The number of carbonyl (C=O) groups is 1. The van der Waals surface area contributed by atoms with Crippen LogP contribution in [0.4, 0.5) is 10.6 Å². The third kappa shape index (κ3) is 5.61. The molecule has 194 valence electrons. The topological polar surface area (TPSA) is 102 Å². The molecule has 1 atom stereocenters. The number of ether oxygens (including phenoxy) is 3. The normalized spacial score (nSPS) is 15.9. The summed E-state index contributed by atoms with van der Waals surface area (Å²) in [5, 5.41) is 4.06. The fourth-order valence-electron chi connectivity index (χ4n) is 4.63. The van der Waals surface area contributed by atoms with Gasteiger partial charge in [-0.15, -0.1) is 0 Å². The number of pyridine rings is 2. The average Bonchev–Trinajstić information content (AvgIpc) is 3.45. The smallest absolute Gasteiger partial charge is 0.407 e. The number of nitrogens with one attached hydrogen (secondary N) is 2. The lowest BCUT2D eigenvalue weighted by Gasteiger charge is -2.22. The van der Waals surface area contributed by atoms with E-state index >= 15 is 0 Å². The molecule has 0 aliphatic carbocycles. The van der Waals surface area contributed by atoms with Crippen LogP contribution in [0.25, 0.3) is 33.2 Å². The predicted molar refractivity (Wildman–Crippen MR) is 144 cm³/mol. The summed E-state index contributed by atoms with van der Waals surface area (Å²) in [7, 11) is 1.60. The van der Waals surface area contributed by atoms with Gasteiger partial charge < -0.3 is 29.4 Å². The Bertz CT molecular complexity index is 1440. The average molecular weight is 504 g/mol. The van der Waals surface area contributed by atoms with Crippen LogP contribution < -0.4 is 15.0 Å². The molecule has 37 heavy (non-hydrogen) atoms. The van der Waals surface area contributed by atoms with Crippen LogP contribution in [0.1, 0.15) is 32.9 Å². The Morgan fingerprint density at radius 1 is 1.14 bits per heavy atom. The standard InChI is InChI=1S/C28H33N5O4/c1-17-12-18-13-20(25(36-16-35-5)14-24(18)29-17)21-6-7-23-22(31-21)8-9-26(32-23)33-11-10-19(15-33)30-27(34)37-28(2,3)4/h6-9,12-14,19,29H,10-11,15-16H2,1-5H3,(H,30,34)/t19-/m0/s1. The van der Waals surface area contributed by atoms with Crippen molar-refractivity contribution < 1.29 is 19.0 Å². The number of carbonyl (C=O) groups excluding carboxylic acids is 1. The van der Waals surface area contributed by atoms with Crippen LogP contribution in [0.2, 0.25) is 0 Å². The maximum absolute atomic E-state index is 12.1. The van der Waals surface area contributed by atoms with E-state index in [0.29, 0.717) is 12.3 Å². The molecular weight excluding hydrogens is 470 g/mol. The maximum atomic E-state index is 12.1. The lowest BCUT2D eigenvalue weighted by molar-refractivity contribution is 0.0507. The zero-order valence-electron chi connectivity index (χ0n) is 21.9. The highest BCUT2D eigenvalue weighted by atomic mass is 16.7. The van der Waals surface area contributed by atoms with Gasteiger partial charge in [-0.25, -0.2) is 14.8 Å². The Morgan fingerprint density at radius 2 is 1.92 bits per heavy atom. The molecule has 2 N–H and O–H groups in total. The molecule has 1 saturated heterocycles. The van der Waals surface area contributed by atoms with E-state index in [2.05, 4.69) is 27.3 Å². The van der Waals surface area contributed by atoms with E-state index in [1.165, 1.54) is 0 Å². The summed E-state index contributed by atoms with van der Waals surface area (Å²) < 4.78 is 16.4. The minimum absolute atomic E-state index is 0.0188. The Hall–Kier alpha value is -3.85. The number of aromatic nitrogens is 3. The summed E-state index contributed by atoms with van der Waals surface area (Å²) in [5.74, 6) is 1.57. The summed E-state index contributed by atoms with van der Waals surface area (Å²) >= 11 is 0. The molecule has 1 aliphatic heterocycles. The van der Waals surface area contributed by atoms with Gasteiger partial charge in [0.05, 0.1) is 22.8 Å². The van der Waals surface area contributed by atoms with E-state index in [1.807, 2.05) is 58.0 Å². The summed E-state index contributed by atoms with van der Waals surface area (Å²) in [6.07, 6.45) is 0.450. The van der Waals surface area contributed by atoms with E-state index < -0.39 is 5.60 Å². The highest BCUT2D eigenvalue weighted by Crippen LogP contribution is 2.34. The zero-order chi connectivity index (χ0) is 26.2. The fraction of sp³-hybridized carbons (Fsp3) is 0.393. The second-order valence-electron chi connectivity index (χ2n) is 10.4. The van der Waals surface area contributed by atoms with Crippen molar-refractivity contribution in [2.24, 2.45) is 0 Å². The van der Waals surface area contributed by atoms with Gasteiger partial charge in [0, 0.05) is 48.4 Å². The molecular formula is C28H33N5O4. The first-order valence-corrected chi connectivity index (χ1v) is 12.5. The number of methoxy groups -OCH3 is 1. The minimum atomic E-state index is -0.517. The summed E-state index contributed by atoms with van der Waals surface area (Å²) in [5.41, 5.74) is 4.87. The predicted octanol–water partition coefficient (Wildman–Crippen LogP) is 5.17. The van der Waals surface area contributed by atoms with Gasteiger partial charge in [-0.1, -0.05) is 0 Å². The molecule has 0 saturated carbocycles. The summed E-state index contributed by atoms with van der Waals surface area (Å²) in [4.78, 5) is 27.4. The number of hydrogen-bond acceptors (Lipinski definition) is 7. The Labute approximate surface area is 216 Å². The molecule has 5 rings (SSSR count). The fourth-order valence-corrected chi connectivity index (χ4v) is 4.63. The number of alkyl carbamates (subject to hydrolysis) is 1. The first-order chi connectivity index (χ1) is 17.7. The SMILES string of the molecule is COCOc1cc2[nH]c(C)cc2cc1-c1ccc2nc(N3CC[C@H](NC(=O)OC(C)(C)C)C3)ccc2n1. The number of anilines is 1. The van der Waals surface area contributed by atoms with E-state index in [1.54, 1.807) is 7.11 Å². The van der Waals surface area contributed by atoms with Gasteiger partial charge in [-0.2, -0.15) is 0 Å². The Morgan fingerprint density at radius 3 is 2.70 bits per heavy atom. The van der Waals surface area contributed by atoms with Crippen LogP contribution in [-0.2, 0) is 9.47 Å². The first-order valence-electron chi connectivity index (χ1n) is 12.5. The number of aromatic amines is 1. The third-order valence-corrected chi connectivity index (χ3v) is 6.22. The first kappa shape index (κ1) is 24.8. The van der Waals surface area contributed by atoms with E-state index in [-0.39, 0.29) is 18.9 Å². The molecule has 4 aromatic rings. The van der Waals surface area contributed by atoms with Gasteiger partial charge >= 0.3 is 6.09 Å². The van der Waals surface area contributed by atoms with Crippen molar-refractivity contribution >= 4 is 33.8 Å². The molecule has 1 aliphatic rings. The van der Waals surface area contributed by atoms with Crippen LogP contribution in [0.3, 0.4) is 0 Å². The van der Waals surface area contributed by atoms with Crippen LogP contribution in [-0.4, -0.2) is 59.7 Å². The molecule has 0 radical (unpaired) electrons. The van der Waals surface area contributed by atoms with Gasteiger partial charge in [0.15, 0.2) is 6.79 Å². The van der Waals surface area contributed by atoms with Crippen LogP contribution >= 0.6 is 0 Å². The van der Waals surface area contributed by atoms with Crippen molar-refractivity contribution in [1.82, 2.24) is 20.3 Å². The highest BCUT2D eigenvalue weighted by molar-refractivity contribution is 5.90. The number of aryl methyl sites for hydroxylation is 1. The molecule has 0 unspecified atom stereocenters. The second kappa shape index (κ2) is 9.89. The van der Waals surface area contributed by atoms with E-state index in [4.69, 9.17) is 24.2 Å². The minimum Gasteiger partial charge on any atom is -0.467 e. The van der Waals surface area contributed by atoms with Crippen LogP contribution in [0.15, 0.2) is 42.5 Å². The second-order valence-corrected chi connectivity index (χ2v) is 10.4. The third-order valence-electron chi connectivity index (χ3n) is 6.22. The van der Waals surface area contributed by atoms with Crippen molar-refractivity contribution in [1.29, 1.82) is 0 Å². The van der Waals surface area contributed by atoms with E-state index in [0.717, 1.165) is 57.7 Å². The number of rotatable bonds is 6. The number of benzene rings is 1. The molecule has 1 fully saturated rings. The van der Waals surface area contributed by atoms with E-state index in [9.17, 15) is 4.79 Å². The number of nitrogens with zero attached hydrogens (tertiary/aromatic N) is 3. The van der Waals surface area contributed by atoms with Crippen LogP contribution in [0.5, 0.6) is 5.75 Å². The summed E-state index contributed by atoms with van der Waals surface area (Å²) in [6, 6.07) is 14.1. The highest BCUT2D eigenvalue weighted by Gasteiger charge is 2.27. The van der Waals surface area contributed by atoms with Gasteiger partial charge in [-0.05, 0) is 70.5 Å². The quantitative estimate of drug-likeness (QED) is 0.350. The molecule has 0 bridgehead atoms. The van der Waals surface area contributed by atoms with Gasteiger partial charge in [0.25, 0.3) is 0 Å². The molecule has 4 heterocycles. The van der Waals surface area contributed by atoms with Crippen molar-refractivity contribution in [3.05, 3.63) is 48.2 Å². The van der Waals surface area contributed by atoms with Crippen molar-refractivity contribution in [2.75, 3.05) is 31.9 Å². The monoisotopic (exact) mass is 503 g/mol. The lowest BCUT2D eigenvalue weighted by Crippen LogP contribution is -2.40. The van der Waals surface area contributed by atoms with Crippen LogP contribution in [0, 0.1) is 6.92 Å². The lowest BCUT2D eigenvalue weighted by atomic mass is 10.1. The molecule has 9 heteroatoms. The molecule has 9 nitrogen and oxygen atoms in total. The number of hydrogen-bond donors (Lipinski definition) is 2. The number of fused-ring (bicyclic) bond motifs is 2. The van der Waals surface area contributed by atoms with Crippen molar-refractivity contribution in [3.8, 4) is 17.0 Å². The maximum Gasteiger partial charge on any atom is 0.407 e. The van der Waals surface area contributed by atoms with Gasteiger partial charge in [0.2, 0.25) is 0 Å².